The summed E-state index contributed by atoms with van der Waals surface area (Å²) >= 11 is 1.46. The molecular formula is C21H20N4OS. The molecule has 1 aliphatic rings. The Balaban J connectivity index is 1.83. The minimum absolute atomic E-state index is 0.0165. The van der Waals surface area contributed by atoms with E-state index in [1.165, 1.54) is 16.2 Å². The van der Waals surface area contributed by atoms with Gasteiger partial charge in [0.1, 0.15) is 22.7 Å². The van der Waals surface area contributed by atoms with E-state index in [4.69, 9.17) is 0 Å². The first-order valence-corrected chi connectivity index (χ1v) is 9.60. The van der Waals surface area contributed by atoms with Gasteiger partial charge in [-0.2, -0.15) is 10.5 Å². The summed E-state index contributed by atoms with van der Waals surface area (Å²) in [6, 6.07) is 11.8. The number of carbonyl (C=O) groups is 1. The fourth-order valence-corrected chi connectivity index (χ4v) is 4.36. The molecule has 1 aromatic heterocycles. The molecule has 0 unspecified atom stereocenters. The molecule has 0 spiro atoms. The van der Waals surface area contributed by atoms with Crippen LogP contribution in [0.2, 0.25) is 0 Å². The van der Waals surface area contributed by atoms with Crippen LogP contribution in [0.3, 0.4) is 0 Å². The number of nitrogens with one attached hydrogen (secondary N) is 1. The number of hydrogen-bond donors (Lipinski definition) is 1. The molecule has 1 amide bonds. The Bertz CT molecular complexity index is 971. The molecule has 136 valence electrons. The number of thiophene rings is 1. The molecule has 1 aromatic carbocycles. The third-order valence-electron chi connectivity index (χ3n) is 4.60. The normalized spacial score (nSPS) is 13.3. The van der Waals surface area contributed by atoms with Gasteiger partial charge in [0.25, 0.3) is 5.91 Å². The van der Waals surface area contributed by atoms with E-state index in [2.05, 4.69) is 11.4 Å². The lowest BCUT2D eigenvalue weighted by Gasteiger charge is -2.11. The molecule has 1 aliphatic carbocycles. The Morgan fingerprint density at radius 2 is 1.89 bits per heavy atom. The summed E-state index contributed by atoms with van der Waals surface area (Å²) in [7, 11) is 3.90. The first kappa shape index (κ1) is 18.7. The van der Waals surface area contributed by atoms with Crippen LogP contribution in [0.15, 0.2) is 29.8 Å². The van der Waals surface area contributed by atoms with Crippen molar-refractivity contribution >= 4 is 34.0 Å². The highest BCUT2D eigenvalue weighted by atomic mass is 32.1. The number of benzene rings is 1. The summed E-state index contributed by atoms with van der Waals surface area (Å²) < 4.78 is 0. The Hall–Kier alpha value is -3.09. The zero-order valence-electron chi connectivity index (χ0n) is 15.4. The number of anilines is 2. The van der Waals surface area contributed by atoms with Crippen LogP contribution in [0, 0.1) is 22.7 Å². The third-order valence-corrected chi connectivity index (χ3v) is 5.80. The zero-order chi connectivity index (χ0) is 19.4. The number of nitriles is 2. The average molecular weight is 376 g/mol. The zero-order valence-corrected chi connectivity index (χ0v) is 16.2. The van der Waals surface area contributed by atoms with Crippen LogP contribution < -0.4 is 10.2 Å². The van der Waals surface area contributed by atoms with E-state index in [0.29, 0.717) is 10.6 Å². The van der Waals surface area contributed by atoms with Crippen molar-refractivity contribution in [3.05, 3.63) is 51.4 Å². The standard InChI is InChI=1S/C21H20N4OS/c1-25(2)16-9-7-14(8-10-16)11-15(12-22)20(26)24-21-18(13-23)17-5-3-4-6-19(17)27-21/h7-11H,3-6H2,1-2H3,(H,24,26). The highest BCUT2D eigenvalue weighted by Crippen LogP contribution is 2.37. The van der Waals surface area contributed by atoms with Gasteiger partial charge in [-0.15, -0.1) is 11.3 Å². The van der Waals surface area contributed by atoms with Crippen molar-refractivity contribution in [2.75, 3.05) is 24.3 Å². The van der Waals surface area contributed by atoms with Gasteiger partial charge in [0, 0.05) is 24.7 Å². The van der Waals surface area contributed by atoms with E-state index < -0.39 is 5.91 Å². The molecule has 0 radical (unpaired) electrons. The van der Waals surface area contributed by atoms with Gasteiger partial charge in [0.2, 0.25) is 0 Å². The predicted molar refractivity (Wildman–Crippen MR) is 109 cm³/mol. The van der Waals surface area contributed by atoms with E-state index in [1.54, 1.807) is 6.08 Å². The van der Waals surface area contributed by atoms with Crippen molar-refractivity contribution < 1.29 is 4.79 Å². The van der Waals surface area contributed by atoms with Crippen LogP contribution in [0.4, 0.5) is 10.7 Å². The van der Waals surface area contributed by atoms with Crippen LogP contribution in [-0.4, -0.2) is 20.0 Å². The highest BCUT2D eigenvalue weighted by Gasteiger charge is 2.22. The van der Waals surface area contributed by atoms with E-state index in [9.17, 15) is 15.3 Å². The molecule has 1 N–H and O–H groups in total. The fourth-order valence-electron chi connectivity index (χ4n) is 3.13. The molecule has 0 bridgehead atoms. The lowest BCUT2D eigenvalue weighted by atomic mass is 9.96. The number of amides is 1. The SMILES string of the molecule is CN(C)c1ccc(C=C(C#N)C(=O)Nc2sc3c(c2C#N)CCCC3)cc1. The van der Waals surface area contributed by atoms with E-state index in [0.717, 1.165) is 42.5 Å². The number of rotatable bonds is 4. The second kappa shape index (κ2) is 8.07. The molecule has 5 nitrogen and oxygen atoms in total. The minimum atomic E-state index is -0.482. The van der Waals surface area contributed by atoms with Crippen molar-refractivity contribution in [2.45, 2.75) is 25.7 Å². The fraction of sp³-hybridized carbons (Fsp3) is 0.286. The predicted octanol–water partition coefficient (Wildman–Crippen LogP) is 4.11. The Morgan fingerprint density at radius 3 is 2.52 bits per heavy atom. The van der Waals surface area contributed by atoms with Gasteiger partial charge in [-0.25, -0.2) is 0 Å². The molecular weight excluding hydrogens is 356 g/mol. The number of fused-ring (bicyclic) bond motifs is 1. The maximum atomic E-state index is 12.6. The van der Waals surface area contributed by atoms with Crippen LogP contribution in [0.5, 0.6) is 0 Å². The van der Waals surface area contributed by atoms with Gasteiger partial charge in [-0.1, -0.05) is 12.1 Å². The van der Waals surface area contributed by atoms with Crippen LogP contribution >= 0.6 is 11.3 Å². The maximum absolute atomic E-state index is 12.6. The van der Waals surface area contributed by atoms with Crippen molar-refractivity contribution in [3.63, 3.8) is 0 Å². The molecule has 1 heterocycles. The van der Waals surface area contributed by atoms with Crippen molar-refractivity contribution in [2.24, 2.45) is 0 Å². The minimum Gasteiger partial charge on any atom is -0.378 e. The molecule has 2 aromatic rings. The molecule has 0 saturated heterocycles. The molecule has 0 fully saturated rings. The summed E-state index contributed by atoms with van der Waals surface area (Å²) in [5, 5.41) is 22.2. The number of hydrogen-bond acceptors (Lipinski definition) is 5. The summed E-state index contributed by atoms with van der Waals surface area (Å²) in [4.78, 5) is 15.7. The summed E-state index contributed by atoms with van der Waals surface area (Å²) in [6.45, 7) is 0. The monoisotopic (exact) mass is 376 g/mol. The van der Waals surface area contributed by atoms with E-state index >= 15 is 0 Å². The van der Waals surface area contributed by atoms with Crippen molar-refractivity contribution in [1.82, 2.24) is 0 Å². The van der Waals surface area contributed by atoms with Gasteiger partial charge in [0.05, 0.1) is 5.56 Å². The molecule has 0 aliphatic heterocycles. The van der Waals surface area contributed by atoms with Crippen LogP contribution in [-0.2, 0) is 17.6 Å². The number of aryl methyl sites for hydroxylation is 1. The quantitative estimate of drug-likeness (QED) is 0.643. The second-order valence-electron chi connectivity index (χ2n) is 6.64. The van der Waals surface area contributed by atoms with Gasteiger partial charge in [0.15, 0.2) is 0 Å². The molecule has 3 rings (SSSR count). The Morgan fingerprint density at radius 1 is 1.19 bits per heavy atom. The van der Waals surface area contributed by atoms with E-state index in [-0.39, 0.29) is 5.57 Å². The Labute approximate surface area is 163 Å². The number of carbonyl (C=O) groups excluding carboxylic acids is 1. The summed E-state index contributed by atoms with van der Waals surface area (Å²) in [6.07, 6.45) is 5.57. The average Bonchev–Trinajstić information content (AvgIpc) is 3.03. The van der Waals surface area contributed by atoms with Gasteiger partial charge in [-0.3, -0.25) is 4.79 Å². The lowest BCUT2D eigenvalue weighted by molar-refractivity contribution is -0.112. The highest BCUT2D eigenvalue weighted by molar-refractivity contribution is 7.16. The maximum Gasteiger partial charge on any atom is 0.266 e. The van der Waals surface area contributed by atoms with Crippen molar-refractivity contribution in [1.29, 1.82) is 10.5 Å². The van der Waals surface area contributed by atoms with Crippen LogP contribution in [0.1, 0.15) is 34.4 Å². The summed E-state index contributed by atoms with van der Waals surface area (Å²) in [5.74, 6) is -0.482. The van der Waals surface area contributed by atoms with Gasteiger partial charge >= 0.3 is 0 Å². The molecule has 6 heteroatoms. The summed E-state index contributed by atoms with van der Waals surface area (Å²) in [5.41, 5.74) is 3.44. The second-order valence-corrected chi connectivity index (χ2v) is 7.74. The third kappa shape index (κ3) is 4.02. The van der Waals surface area contributed by atoms with Crippen molar-refractivity contribution in [3.8, 4) is 12.1 Å². The molecule has 0 atom stereocenters. The first-order chi connectivity index (χ1) is 13.0. The number of nitrogens with zero attached hydrogens (tertiary/aromatic N) is 3. The molecule has 0 saturated carbocycles. The largest absolute Gasteiger partial charge is 0.378 e. The smallest absolute Gasteiger partial charge is 0.266 e. The lowest BCUT2D eigenvalue weighted by Crippen LogP contribution is -2.13. The van der Waals surface area contributed by atoms with Gasteiger partial charge in [-0.05, 0) is 55.0 Å². The van der Waals surface area contributed by atoms with Gasteiger partial charge < -0.3 is 10.2 Å². The van der Waals surface area contributed by atoms with Crippen LogP contribution in [0.25, 0.3) is 6.08 Å². The first-order valence-electron chi connectivity index (χ1n) is 8.78. The Kier molecular flexibility index (Phi) is 5.59. The topological polar surface area (TPSA) is 79.9 Å². The van der Waals surface area contributed by atoms with E-state index in [1.807, 2.05) is 49.3 Å². The molecule has 27 heavy (non-hydrogen) atoms.